The highest BCUT2D eigenvalue weighted by atomic mass is 32.2. The summed E-state index contributed by atoms with van der Waals surface area (Å²) < 4.78 is 43.2. The monoisotopic (exact) mass is 440 g/mol. The fraction of sp³-hybridized carbons (Fsp3) is 0.350. The summed E-state index contributed by atoms with van der Waals surface area (Å²) >= 11 is 1.69. The van der Waals surface area contributed by atoms with E-state index in [-0.39, 0.29) is 18.3 Å². The number of carbonyl (C=O) groups excluding carboxylic acids is 1. The van der Waals surface area contributed by atoms with Gasteiger partial charge in [0.2, 0.25) is 15.9 Å². The van der Waals surface area contributed by atoms with E-state index in [1.54, 1.807) is 48.2 Å². The van der Waals surface area contributed by atoms with Gasteiger partial charge in [-0.3, -0.25) is 9.10 Å². The molecule has 0 aromatic heterocycles. The fourth-order valence-electron chi connectivity index (χ4n) is 2.51. The summed E-state index contributed by atoms with van der Waals surface area (Å²) in [5.74, 6) is 1.58. The van der Waals surface area contributed by atoms with Crippen molar-refractivity contribution in [3.05, 3.63) is 59.9 Å². The van der Waals surface area contributed by atoms with Crippen LogP contribution in [0.4, 0.5) is 10.1 Å². The number of thioether (sulfide) groups is 1. The molecule has 2 rings (SSSR count). The first-order valence-electron chi connectivity index (χ1n) is 9.00. The lowest BCUT2D eigenvalue weighted by atomic mass is 10.2. The Morgan fingerprint density at radius 1 is 1.14 bits per heavy atom. The molecule has 1 N–H and O–H groups in total. The molecule has 2 aromatic rings. The Hall–Kier alpha value is -2.26. The minimum absolute atomic E-state index is 0.251. The maximum absolute atomic E-state index is 12.9. The summed E-state index contributed by atoms with van der Waals surface area (Å²) in [4.78, 5) is 12.2. The average Bonchev–Trinajstić information content (AvgIpc) is 2.69. The van der Waals surface area contributed by atoms with Gasteiger partial charge in [0.15, 0.2) is 0 Å². The fourth-order valence-corrected chi connectivity index (χ4v) is 4.28. The smallest absolute Gasteiger partial charge is 0.240 e. The topological polar surface area (TPSA) is 75.7 Å². The van der Waals surface area contributed by atoms with Crippen LogP contribution in [0.1, 0.15) is 12.0 Å². The second-order valence-corrected chi connectivity index (χ2v) is 9.36. The van der Waals surface area contributed by atoms with E-state index in [9.17, 15) is 17.6 Å². The summed E-state index contributed by atoms with van der Waals surface area (Å²) in [6.45, 7) is 0.170. The van der Waals surface area contributed by atoms with Crippen molar-refractivity contribution in [2.45, 2.75) is 12.2 Å². The van der Waals surface area contributed by atoms with E-state index in [0.717, 1.165) is 34.1 Å². The first kappa shape index (κ1) is 23.0. The number of rotatable bonds is 11. The molecule has 0 aliphatic heterocycles. The Bertz CT molecular complexity index is 888. The van der Waals surface area contributed by atoms with Gasteiger partial charge in [0, 0.05) is 12.3 Å². The van der Waals surface area contributed by atoms with Crippen LogP contribution >= 0.6 is 11.8 Å². The SMILES string of the molecule is COc1ccc(N(CC(=O)NCCCSCc2ccc(F)cc2)S(C)(=O)=O)cc1. The Morgan fingerprint density at radius 2 is 1.79 bits per heavy atom. The number of sulfonamides is 1. The quantitative estimate of drug-likeness (QED) is 0.544. The van der Waals surface area contributed by atoms with E-state index in [4.69, 9.17) is 4.74 Å². The third-order valence-corrected chi connectivity index (χ3v) is 6.27. The number of nitrogens with zero attached hydrogens (tertiary/aromatic N) is 1. The Balaban J connectivity index is 1.75. The second kappa shape index (κ2) is 11.1. The number of ether oxygens (including phenoxy) is 1. The molecule has 0 radical (unpaired) electrons. The van der Waals surface area contributed by atoms with E-state index >= 15 is 0 Å². The van der Waals surface area contributed by atoms with Crippen molar-refractivity contribution in [2.24, 2.45) is 0 Å². The van der Waals surface area contributed by atoms with Gasteiger partial charge >= 0.3 is 0 Å². The van der Waals surface area contributed by atoms with Crippen molar-refractivity contribution >= 4 is 33.4 Å². The zero-order chi connectivity index (χ0) is 21.3. The zero-order valence-electron chi connectivity index (χ0n) is 16.4. The molecule has 0 atom stereocenters. The molecule has 158 valence electrons. The molecule has 0 aliphatic carbocycles. The summed E-state index contributed by atoms with van der Waals surface area (Å²) in [6.07, 6.45) is 1.82. The molecule has 0 fully saturated rings. The largest absolute Gasteiger partial charge is 0.497 e. The number of nitrogens with one attached hydrogen (secondary N) is 1. The zero-order valence-corrected chi connectivity index (χ0v) is 18.1. The van der Waals surface area contributed by atoms with Gasteiger partial charge in [-0.1, -0.05) is 12.1 Å². The van der Waals surface area contributed by atoms with Crippen LogP contribution in [0.5, 0.6) is 5.75 Å². The molecule has 29 heavy (non-hydrogen) atoms. The maximum atomic E-state index is 12.9. The number of benzene rings is 2. The normalized spacial score (nSPS) is 11.1. The minimum Gasteiger partial charge on any atom is -0.497 e. The molecule has 0 bridgehead atoms. The Morgan fingerprint density at radius 3 is 2.38 bits per heavy atom. The molecule has 0 aliphatic rings. The van der Waals surface area contributed by atoms with Gasteiger partial charge in [-0.2, -0.15) is 11.8 Å². The maximum Gasteiger partial charge on any atom is 0.240 e. The van der Waals surface area contributed by atoms with E-state index in [1.165, 1.54) is 19.2 Å². The van der Waals surface area contributed by atoms with E-state index < -0.39 is 10.0 Å². The van der Waals surface area contributed by atoms with E-state index in [1.807, 2.05) is 0 Å². The van der Waals surface area contributed by atoms with Gasteiger partial charge in [0.1, 0.15) is 18.1 Å². The molecule has 0 spiro atoms. The van der Waals surface area contributed by atoms with Gasteiger partial charge < -0.3 is 10.1 Å². The number of halogens is 1. The number of carbonyl (C=O) groups is 1. The highest BCUT2D eigenvalue weighted by molar-refractivity contribution is 7.98. The predicted octanol–water partition coefficient (Wildman–Crippen LogP) is 3.04. The van der Waals surface area contributed by atoms with Crippen molar-refractivity contribution in [1.29, 1.82) is 0 Å². The number of hydrogen-bond acceptors (Lipinski definition) is 5. The molecular formula is C20H25FN2O4S2. The van der Waals surface area contributed by atoms with Crippen molar-refractivity contribution in [3.8, 4) is 5.75 Å². The van der Waals surface area contributed by atoms with Crippen LogP contribution in [0.3, 0.4) is 0 Å². The van der Waals surface area contributed by atoms with E-state index in [0.29, 0.717) is 18.0 Å². The molecule has 0 unspecified atom stereocenters. The van der Waals surface area contributed by atoms with Crippen LogP contribution in [-0.2, 0) is 20.6 Å². The summed E-state index contributed by atoms with van der Waals surface area (Å²) in [5.41, 5.74) is 1.45. The number of methoxy groups -OCH3 is 1. The van der Waals surface area contributed by atoms with Gasteiger partial charge in [0.25, 0.3) is 0 Å². The lowest BCUT2D eigenvalue weighted by Gasteiger charge is -2.22. The standard InChI is InChI=1S/C20H25FN2O4S2/c1-27-19-10-8-18(9-11-19)23(29(2,25)26)14-20(24)22-12-3-13-28-15-16-4-6-17(21)7-5-16/h4-11H,3,12-15H2,1-2H3,(H,22,24). The molecule has 0 saturated carbocycles. The van der Waals surface area contributed by atoms with Gasteiger partial charge in [-0.25, -0.2) is 12.8 Å². The van der Waals surface area contributed by atoms with Crippen LogP contribution < -0.4 is 14.4 Å². The third kappa shape index (κ3) is 7.94. The number of anilines is 1. The van der Waals surface area contributed by atoms with Crippen molar-refractivity contribution in [3.63, 3.8) is 0 Å². The van der Waals surface area contributed by atoms with Crippen LogP contribution in [0.15, 0.2) is 48.5 Å². The van der Waals surface area contributed by atoms with Crippen LogP contribution in [0, 0.1) is 5.82 Å². The predicted molar refractivity (Wildman–Crippen MR) is 115 cm³/mol. The third-order valence-electron chi connectivity index (χ3n) is 4.02. The second-order valence-electron chi connectivity index (χ2n) is 6.35. The molecule has 0 saturated heterocycles. The first-order valence-corrected chi connectivity index (χ1v) is 12.0. The van der Waals surface area contributed by atoms with Crippen molar-refractivity contribution in [1.82, 2.24) is 5.32 Å². The van der Waals surface area contributed by atoms with Gasteiger partial charge in [-0.15, -0.1) is 0 Å². The lowest BCUT2D eigenvalue weighted by molar-refractivity contribution is -0.119. The molecular weight excluding hydrogens is 415 g/mol. The first-order chi connectivity index (χ1) is 13.8. The molecule has 9 heteroatoms. The molecule has 2 aromatic carbocycles. The summed E-state index contributed by atoms with van der Waals surface area (Å²) in [6, 6.07) is 12.9. The lowest BCUT2D eigenvalue weighted by Crippen LogP contribution is -2.40. The average molecular weight is 441 g/mol. The summed E-state index contributed by atoms with van der Waals surface area (Å²) in [5, 5.41) is 2.75. The molecule has 0 heterocycles. The van der Waals surface area contributed by atoms with Crippen LogP contribution in [0.2, 0.25) is 0 Å². The van der Waals surface area contributed by atoms with Crippen LogP contribution in [-0.4, -0.2) is 46.5 Å². The van der Waals surface area contributed by atoms with Gasteiger partial charge in [-0.05, 0) is 54.1 Å². The molecule has 1 amide bonds. The molecule has 6 nitrogen and oxygen atoms in total. The highest BCUT2D eigenvalue weighted by Gasteiger charge is 2.20. The Kier molecular flexibility index (Phi) is 8.78. The Labute approximate surface area is 175 Å². The van der Waals surface area contributed by atoms with Crippen molar-refractivity contribution in [2.75, 3.05) is 36.5 Å². The van der Waals surface area contributed by atoms with Gasteiger partial charge in [0.05, 0.1) is 19.1 Å². The van der Waals surface area contributed by atoms with Crippen LogP contribution in [0.25, 0.3) is 0 Å². The minimum atomic E-state index is -3.60. The highest BCUT2D eigenvalue weighted by Crippen LogP contribution is 2.21. The van der Waals surface area contributed by atoms with E-state index in [2.05, 4.69) is 5.32 Å². The number of hydrogen-bond donors (Lipinski definition) is 1. The summed E-state index contributed by atoms with van der Waals surface area (Å²) in [7, 11) is -2.08. The van der Waals surface area contributed by atoms with Crippen molar-refractivity contribution < 1.29 is 22.3 Å². The number of amides is 1.